The quantitative estimate of drug-likeness (QED) is 0.908. The number of nitrogens with zero attached hydrogens (tertiary/aromatic N) is 1. The fourth-order valence-corrected chi connectivity index (χ4v) is 3.59. The number of likely N-dealkylation sites (tertiary alicyclic amines) is 1. The van der Waals surface area contributed by atoms with Gasteiger partial charge in [0, 0.05) is 6.54 Å². The fourth-order valence-electron chi connectivity index (χ4n) is 3.59. The van der Waals surface area contributed by atoms with Crippen LogP contribution in [-0.4, -0.2) is 47.8 Å². The van der Waals surface area contributed by atoms with Gasteiger partial charge in [0.25, 0.3) is 0 Å². The molecule has 1 N–H and O–H groups in total. The number of aliphatic carboxylic acids is 1. The fraction of sp³-hybridized carbons (Fsp3) is 0.611. The van der Waals surface area contributed by atoms with Crippen molar-refractivity contribution < 1.29 is 14.6 Å². The van der Waals surface area contributed by atoms with Gasteiger partial charge in [-0.2, -0.15) is 0 Å². The van der Waals surface area contributed by atoms with E-state index < -0.39 is 5.97 Å². The summed E-state index contributed by atoms with van der Waals surface area (Å²) in [7, 11) is 0. The Labute approximate surface area is 132 Å². The first kappa shape index (κ1) is 15.5. The zero-order chi connectivity index (χ0) is 15.4. The molecule has 2 aliphatic heterocycles. The van der Waals surface area contributed by atoms with Crippen LogP contribution in [0.3, 0.4) is 0 Å². The van der Waals surface area contributed by atoms with E-state index in [1.54, 1.807) is 0 Å². The lowest BCUT2D eigenvalue weighted by atomic mass is 9.97. The highest BCUT2D eigenvalue weighted by Gasteiger charge is 2.30. The van der Waals surface area contributed by atoms with Crippen LogP contribution in [0.1, 0.15) is 31.2 Å². The van der Waals surface area contributed by atoms with Gasteiger partial charge in [0.15, 0.2) is 0 Å². The molecule has 1 aromatic rings. The molecule has 4 nitrogen and oxygen atoms in total. The third-order valence-electron chi connectivity index (χ3n) is 4.90. The zero-order valence-electron chi connectivity index (χ0n) is 13.0. The molecular formula is C18H25NO3. The summed E-state index contributed by atoms with van der Waals surface area (Å²) in [5, 5.41) is 9.04. The van der Waals surface area contributed by atoms with E-state index in [0.717, 1.165) is 51.7 Å². The molecule has 0 spiro atoms. The van der Waals surface area contributed by atoms with Gasteiger partial charge in [0.05, 0.1) is 18.1 Å². The zero-order valence-corrected chi connectivity index (χ0v) is 13.0. The molecule has 3 rings (SSSR count). The standard InChI is InChI=1S/C18H25NO3/c20-18(21)15-8-10-19(11-9-15)13-17-7-6-16(22-17)12-14-4-2-1-3-5-14/h1-5,15-17H,6-13H2,(H,20,21)/t16-,17+/m0/s1. The molecule has 120 valence electrons. The van der Waals surface area contributed by atoms with Crippen LogP contribution in [0.5, 0.6) is 0 Å². The molecule has 0 radical (unpaired) electrons. The van der Waals surface area contributed by atoms with Crippen LogP contribution in [0.4, 0.5) is 0 Å². The van der Waals surface area contributed by atoms with Crippen LogP contribution >= 0.6 is 0 Å². The van der Waals surface area contributed by atoms with Crippen LogP contribution < -0.4 is 0 Å². The number of piperidine rings is 1. The number of carbonyl (C=O) groups is 1. The molecule has 4 heteroatoms. The third-order valence-corrected chi connectivity index (χ3v) is 4.90. The first-order valence-electron chi connectivity index (χ1n) is 8.35. The maximum Gasteiger partial charge on any atom is 0.306 e. The predicted octanol–water partition coefficient (Wildman–Crippen LogP) is 2.57. The van der Waals surface area contributed by atoms with E-state index in [2.05, 4.69) is 29.2 Å². The first-order chi connectivity index (χ1) is 10.7. The summed E-state index contributed by atoms with van der Waals surface area (Å²) in [6.07, 6.45) is 5.45. The van der Waals surface area contributed by atoms with Crippen LogP contribution in [0, 0.1) is 5.92 Å². The Bertz CT molecular complexity index is 482. The molecule has 0 aromatic heterocycles. The largest absolute Gasteiger partial charge is 0.481 e. The van der Waals surface area contributed by atoms with E-state index in [4.69, 9.17) is 9.84 Å². The SMILES string of the molecule is O=C(O)C1CCN(C[C@H]2CC[C@@H](Cc3ccccc3)O2)CC1. The second-order valence-corrected chi connectivity index (χ2v) is 6.56. The van der Waals surface area contributed by atoms with Gasteiger partial charge in [-0.05, 0) is 50.8 Å². The van der Waals surface area contributed by atoms with Gasteiger partial charge in [0.2, 0.25) is 0 Å². The van der Waals surface area contributed by atoms with Crippen LogP contribution in [-0.2, 0) is 16.0 Å². The molecule has 0 saturated carbocycles. The number of carboxylic acids is 1. The Morgan fingerprint density at radius 1 is 1.09 bits per heavy atom. The minimum Gasteiger partial charge on any atom is -0.481 e. The molecule has 22 heavy (non-hydrogen) atoms. The average molecular weight is 303 g/mol. The summed E-state index contributed by atoms with van der Waals surface area (Å²) in [4.78, 5) is 13.3. The molecule has 0 aliphatic carbocycles. The van der Waals surface area contributed by atoms with Crippen molar-refractivity contribution in [2.75, 3.05) is 19.6 Å². The van der Waals surface area contributed by atoms with E-state index in [1.165, 1.54) is 5.56 Å². The lowest BCUT2D eigenvalue weighted by molar-refractivity contribution is -0.143. The summed E-state index contributed by atoms with van der Waals surface area (Å²) in [5.74, 6) is -0.786. The Hall–Kier alpha value is -1.39. The van der Waals surface area contributed by atoms with Crippen LogP contribution in [0.15, 0.2) is 30.3 Å². The van der Waals surface area contributed by atoms with Crippen molar-refractivity contribution in [3.05, 3.63) is 35.9 Å². The van der Waals surface area contributed by atoms with Gasteiger partial charge in [0.1, 0.15) is 0 Å². The van der Waals surface area contributed by atoms with Gasteiger partial charge in [-0.1, -0.05) is 30.3 Å². The Morgan fingerprint density at radius 3 is 2.45 bits per heavy atom. The van der Waals surface area contributed by atoms with Crippen molar-refractivity contribution in [3.8, 4) is 0 Å². The minimum atomic E-state index is -0.639. The number of hydrogen-bond acceptors (Lipinski definition) is 3. The number of benzene rings is 1. The molecule has 2 aliphatic rings. The van der Waals surface area contributed by atoms with Gasteiger partial charge >= 0.3 is 5.97 Å². The first-order valence-corrected chi connectivity index (χ1v) is 8.35. The van der Waals surface area contributed by atoms with Crippen molar-refractivity contribution in [1.82, 2.24) is 4.90 Å². The van der Waals surface area contributed by atoms with Crippen molar-refractivity contribution in [3.63, 3.8) is 0 Å². The topological polar surface area (TPSA) is 49.8 Å². The molecular weight excluding hydrogens is 278 g/mol. The lowest BCUT2D eigenvalue weighted by Crippen LogP contribution is -2.40. The smallest absolute Gasteiger partial charge is 0.306 e. The van der Waals surface area contributed by atoms with Crippen molar-refractivity contribution in [1.29, 1.82) is 0 Å². The molecule has 2 atom stereocenters. The molecule has 2 saturated heterocycles. The molecule has 0 unspecified atom stereocenters. The number of hydrogen-bond donors (Lipinski definition) is 1. The third kappa shape index (κ3) is 4.08. The highest BCUT2D eigenvalue weighted by molar-refractivity contribution is 5.70. The van der Waals surface area contributed by atoms with Crippen molar-refractivity contribution >= 4 is 5.97 Å². The number of carboxylic acid groups (broad SMARTS) is 1. The van der Waals surface area contributed by atoms with Gasteiger partial charge in [-0.15, -0.1) is 0 Å². The Morgan fingerprint density at radius 2 is 1.77 bits per heavy atom. The normalized spacial score (nSPS) is 27.1. The van der Waals surface area contributed by atoms with Gasteiger partial charge in [-0.25, -0.2) is 0 Å². The number of ether oxygens (including phenoxy) is 1. The number of rotatable bonds is 5. The van der Waals surface area contributed by atoms with Crippen LogP contribution in [0.2, 0.25) is 0 Å². The lowest BCUT2D eigenvalue weighted by Gasteiger charge is -2.31. The summed E-state index contributed by atoms with van der Waals surface area (Å²) in [6, 6.07) is 10.5. The second-order valence-electron chi connectivity index (χ2n) is 6.56. The highest BCUT2D eigenvalue weighted by Crippen LogP contribution is 2.25. The van der Waals surface area contributed by atoms with Crippen molar-refractivity contribution in [2.45, 2.75) is 44.3 Å². The summed E-state index contributed by atoms with van der Waals surface area (Å²) in [6.45, 7) is 2.73. The van der Waals surface area contributed by atoms with E-state index in [1.807, 2.05) is 6.07 Å². The van der Waals surface area contributed by atoms with Crippen LogP contribution in [0.25, 0.3) is 0 Å². The summed E-state index contributed by atoms with van der Waals surface area (Å²) >= 11 is 0. The molecule has 2 fully saturated rings. The van der Waals surface area contributed by atoms with E-state index in [-0.39, 0.29) is 5.92 Å². The van der Waals surface area contributed by atoms with E-state index in [9.17, 15) is 4.79 Å². The monoisotopic (exact) mass is 303 g/mol. The molecule has 2 heterocycles. The highest BCUT2D eigenvalue weighted by atomic mass is 16.5. The minimum absolute atomic E-state index is 0.147. The predicted molar refractivity (Wildman–Crippen MR) is 84.8 cm³/mol. The Balaban J connectivity index is 1.41. The van der Waals surface area contributed by atoms with E-state index >= 15 is 0 Å². The van der Waals surface area contributed by atoms with Gasteiger partial charge in [-0.3, -0.25) is 4.79 Å². The Kier molecular flexibility index (Phi) is 5.11. The molecule has 0 bridgehead atoms. The molecule has 1 aromatic carbocycles. The van der Waals surface area contributed by atoms with Gasteiger partial charge < -0.3 is 14.7 Å². The summed E-state index contributed by atoms with van der Waals surface area (Å²) < 4.78 is 6.18. The summed E-state index contributed by atoms with van der Waals surface area (Å²) in [5.41, 5.74) is 1.34. The average Bonchev–Trinajstić information content (AvgIpc) is 2.96. The maximum absolute atomic E-state index is 11.0. The van der Waals surface area contributed by atoms with Crippen molar-refractivity contribution in [2.24, 2.45) is 5.92 Å². The second kappa shape index (κ2) is 7.25. The maximum atomic E-state index is 11.0. The molecule has 0 amide bonds. The van der Waals surface area contributed by atoms with E-state index in [0.29, 0.717) is 12.2 Å².